The summed E-state index contributed by atoms with van der Waals surface area (Å²) in [6.07, 6.45) is 3.19. The molecule has 0 atom stereocenters. The molecular weight excluding hydrogens is 218 g/mol. The smallest absolute Gasteiger partial charge is 0.252 e. The van der Waals surface area contributed by atoms with Crippen LogP contribution < -0.4 is 11.1 Å². The first-order valence-corrected chi connectivity index (χ1v) is 5.02. The summed E-state index contributed by atoms with van der Waals surface area (Å²) in [5, 5.41) is 10.7. The van der Waals surface area contributed by atoms with Gasteiger partial charge < -0.3 is 11.1 Å². The first-order chi connectivity index (χ1) is 8.27. The maximum absolute atomic E-state index is 11.1. The highest BCUT2D eigenvalue weighted by Gasteiger charge is 2.08. The van der Waals surface area contributed by atoms with E-state index in [1.807, 2.05) is 6.07 Å². The van der Waals surface area contributed by atoms with E-state index in [1.165, 1.54) is 0 Å². The summed E-state index contributed by atoms with van der Waals surface area (Å²) in [7, 11) is 0. The number of rotatable bonds is 4. The molecule has 0 radical (unpaired) electrons. The predicted octanol–water partition coefficient (Wildman–Crippen LogP) is 0.583. The Labute approximate surface area is 97.9 Å². The van der Waals surface area contributed by atoms with Crippen molar-refractivity contribution in [2.75, 3.05) is 5.32 Å². The standard InChI is InChI=1S/C11H11N5O/c12-10(17)9-4-2-5-13-11(9)14-7-8-3-1-6-15-16-8/h1-6H,7H2,(H2,12,17)(H,13,14). The molecule has 0 bridgehead atoms. The summed E-state index contributed by atoms with van der Waals surface area (Å²) in [5.41, 5.74) is 6.35. The van der Waals surface area contributed by atoms with Gasteiger partial charge in [0.2, 0.25) is 0 Å². The van der Waals surface area contributed by atoms with E-state index in [0.717, 1.165) is 5.69 Å². The topological polar surface area (TPSA) is 93.8 Å². The number of hydrogen-bond acceptors (Lipinski definition) is 5. The Morgan fingerprint density at radius 1 is 1.29 bits per heavy atom. The Morgan fingerprint density at radius 3 is 2.82 bits per heavy atom. The maximum atomic E-state index is 11.1. The Balaban J connectivity index is 2.12. The van der Waals surface area contributed by atoms with Gasteiger partial charge in [-0.05, 0) is 24.3 Å². The molecule has 0 saturated heterocycles. The molecule has 1 amide bonds. The van der Waals surface area contributed by atoms with Gasteiger partial charge in [0.25, 0.3) is 5.91 Å². The number of nitrogens with one attached hydrogen (secondary N) is 1. The molecule has 0 aliphatic carbocycles. The summed E-state index contributed by atoms with van der Waals surface area (Å²) in [6.45, 7) is 0.436. The summed E-state index contributed by atoms with van der Waals surface area (Å²) in [6, 6.07) is 6.90. The van der Waals surface area contributed by atoms with Crippen LogP contribution in [0.4, 0.5) is 5.82 Å². The number of pyridine rings is 1. The highest BCUT2D eigenvalue weighted by molar-refractivity contribution is 5.97. The zero-order valence-electron chi connectivity index (χ0n) is 9.00. The Bertz CT molecular complexity index is 514. The number of aromatic nitrogens is 3. The SMILES string of the molecule is NC(=O)c1cccnc1NCc1cccnn1. The minimum atomic E-state index is -0.514. The van der Waals surface area contributed by atoms with Gasteiger partial charge in [-0.15, -0.1) is 0 Å². The van der Waals surface area contributed by atoms with Crippen LogP contribution in [0.25, 0.3) is 0 Å². The van der Waals surface area contributed by atoms with Crippen molar-refractivity contribution in [2.24, 2.45) is 5.73 Å². The number of hydrogen-bond donors (Lipinski definition) is 2. The molecule has 0 aliphatic rings. The average molecular weight is 229 g/mol. The molecule has 6 nitrogen and oxygen atoms in total. The molecule has 0 saturated carbocycles. The molecule has 3 N–H and O–H groups in total. The summed E-state index contributed by atoms with van der Waals surface area (Å²) >= 11 is 0. The highest BCUT2D eigenvalue weighted by atomic mass is 16.1. The number of nitrogens with zero attached hydrogens (tertiary/aromatic N) is 3. The molecule has 0 spiro atoms. The molecule has 86 valence electrons. The molecule has 0 aliphatic heterocycles. The summed E-state index contributed by atoms with van der Waals surface area (Å²) in [5.74, 6) is -0.0644. The zero-order valence-corrected chi connectivity index (χ0v) is 9.00. The van der Waals surface area contributed by atoms with E-state index in [9.17, 15) is 4.79 Å². The number of nitrogens with two attached hydrogens (primary N) is 1. The number of carbonyl (C=O) groups excluding carboxylic acids is 1. The van der Waals surface area contributed by atoms with Crippen molar-refractivity contribution < 1.29 is 4.79 Å². The van der Waals surface area contributed by atoms with Gasteiger partial charge >= 0.3 is 0 Å². The molecular formula is C11H11N5O. The third-order valence-electron chi connectivity index (χ3n) is 2.14. The van der Waals surface area contributed by atoms with Crippen LogP contribution in [-0.4, -0.2) is 21.1 Å². The van der Waals surface area contributed by atoms with Crippen LogP contribution in [0.2, 0.25) is 0 Å². The van der Waals surface area contributed by atoms with Gasteiger partial charge in [-0.3, -0.25) is 4.79 Å². The predicted molar refractivity (Wildman–Crippen MR) is 62.1 cm³/mol. The van der Waals surface area contributed by atoms with Crippen LogP contribution in [-0.2, 0) is 6.54 Å². The first-order valence-electron chi connectivity index (χ1n) is 5.02. The van der Waals surface area contributed by atoms with Crippen molar-refractivity contribution in [2.45, 2.75) is 6.54 Å². The minimum Gasteiger partial charge on any atom is -0.365 e. The van der Waals surface area contributed by atoms with Crippen molar-refractivity contribution in [1.29, 1.82) is 0 Å². The van der Waals surface area contributed by atoms with Gasteiger partial charge in [0.1, 0.15) is 5.82 Å². The zero-order chi connectivity index (χ0) is 12.1. The third kappa shape index (κ3) is 2.75. The normalized spacial score (nSPS) is 9.88. The van der Waals surface area contributed by atoms with Gasteiger partial charge in [-0.25, -0.2) is 4.98 Å². The Kier molecular flexibility index (Phi) is 3.25. The fourth-order valence-corrected chi connectivity index (χ4v) is 1.35. The number of anilines is 1. The molecule has 2 heterocycles. The first kappa shape index (κ1) is 11.0. The van der Waals surface area contributed by atoms with E-state index >= 15 is 0 Å². The Morgan fingerprint density at radius 2 is 2.12 bits per heavy atom. The monoisotopic (exact) mass is 229 g/mol. The number of primary amides is 1. The van der Waals surface area contributed by atoms with E-state index in [4.69, 9.17) is 5.73 Å². The van der Waals surface area contributed by atoms with Crippen LogP contribution in [0.1, 0.15) is 16.1 Å². The quantitative estimate of drug-likeness (QED) is 0.799. The number of amides is 1. The molecule has 0 fully saturated rings. The van der Waals surface area contributed by atoms with E-state index in [2.05, 4.69) is 20.5 Å². The molecule has 0 aromatic carbocycles. The lowest BCUT2D eigenvalue weighted by atomic mass is 10.2. The van der Waals surface area contributed by atoms with Crippen LogP contribution in [0.3, 0.4) is 0 Å². The van der Waals surface area contributed by atoms with Crippen LogP contribution >= 0.6 is 0 Å². The maximum Gasteiger partial charge on any atom is 0.252 e. The van der Waals surface area contributed by atoms with Gasteiger partial charge in [-0.2, -0.15) is 10.2 Å². The van der Waals surface area contributed by atoms with E-state index in [0.29, 0.717) is 17.9 Å². The highest BCUT2D eigenvalue weighted by Crippen LogP contribution is 2.11. The van der Waals surface area contributed by atoms with Gasteiger partial charge in [0, 0.05) is 12.4 Å². The lowest BCUT2D eigenvalue weighted by molar-refractivity contribution is 0.100. The minimum absolute atomic E-state index is 0.358. The second-order valence-electron chi connectivity index (χ2n) is 3.33. The van der Waals surface area contributed by atoms with Gasteiger partial charge in [0.05, 0.1) is 17.8 Å². The molecule has 6 heteroatoms. The van der Waals surface area contributed by atoms with Crippen molar-refractivity contribution >= 4 is 11.7 Å². The number of carbonyl (C=O) groups is 1. The molecule has 2 aromatic heterocycles. The van der Waals surface area contributed by atoms with E-state index in [-0.39, 0.29) is 0 Å². The Hall–Kier alpha value is -2.50. The molecule has 2 aromatic rings. The summed E-state index contributed by atoms with van der Waals surface area (Å²) < 4.78 is 0. The van der Waals surface area contributed by atoms with Crippen molar-refractivity contribution in [3.8, 4) is 0 Å². The second kappa shape index (κ2) is 5.02. The largest absolute Gasteiger partial charge is 0.365 e. The lowest BCUT2D eigenvalue weighted by Gasteiger charge is -2.07. The van der Waals surface area contributed by atoms with Crippen LogP contribution in [0.15, 0.2) is 36.7 Å². The third-order valence-corrected chi connectivity index (χ3v) is 2.14. The molecule has 2 rings (SSSR count). The van der Waals surface area contributed by atoms with Crippen molar-refractivity contribution in [3.05, 3.63) is 47.9 Å². The molecule has 0 unspecified atom stereocenters. The van der Waals surface area contributed by atoms with Crippen LogP contribution in [0.5, 0.6) is 0 Å². The summed E-state index contributed by atoms with van der Waals surface area (Å²) in [4.78, 5) is 15.2. The fourth-order valence-electron chi connectivity index (χ4n) is 1.35. The van der Waals surface area contributed by atoms with Crippen molar-refractivity contribution in [3.63, 3.8) is 0 Å². The average Bonchev–Trinajstić information content (AvgIpc) is 2.38. The van der Waals surface area contributed by atoms with Crippen molar-refractivity contribution in [1.82, 2.24) is 15.2 Å². The van der Waals surface area contributed by atoms with E-state index in [1.54, 1.807) is 30.6 Å². The van der Waals surface area contributed by atoms with Gasteiger partial charge in [0.15, 0.2) is 0 Å². The van der Waals surface area contributed by atoms with Crippen LogP contribution in [0, 0.1) is 0 Å². The van der Waals surface area contributed by atoms with E-state index < -0.39 is 5.91 Å². The second-order valence-corrected chi connectivity index (χ2v) is 3.33. The van der Waals surface area contributed by atoms with Gasteiger partial charge in [-0.1, -0.05) is 0 Å². The fraction of sp³-hybridized carbons (Fsp3) is 0.0909. The molecule has 17 heavy (non-hydrogen) atoms. The lowest BCUT2D eigenvalue weighted by Crippen LogP contribution is -2.15.